The van der Waals surface area contributed by atoms with Crippen molar-refractivity contribution in [1.29, 1.82) is 0 Å². The van der Waals surface area contributed by atoms with E-state index in [9.17, 15) is 24.3 Å². The number of carbonyl (C=O) groups is 4. The molecule has 0 radical (unpaired) electrons. The van der Waals surface area contributed by atoms with Crippen LogP contribution >= 0.6 is 0 Å². The minimum atomic E-state index is -1.38. The lowest BCUT2D eigenvalue weighted by atomic mass is 9.73. The van der Waals surface area contributed by atoms with E-state index in [0.717, 1.165) is 16.5 Å². The highest BCUT2D eigenvalue weighted by Gasteiger charge is 2.57. The van der Waals surface area contributed by atoms with E-state index in [1.165, 1.54) is 6.92 Å². The van der Waals surface area contributed by atoms with Crippen molar-refractivity contribution in [2.45, 2.75) is 129 Å². The molecule has 0 saturated carbocycles. The number of rotatable bonds is 8. The third-order valence-corrected chi connectivity index (χ3v) is 11.9. The molecule has 3 saturated heterocycles. The monoisotopic (exact) mass is 765 g/mol. The minimum Gasteiger partial charge on any atom is -0.458 e. The van der Waals surface area contributed by atoms with Gasteiger partial charge < -0.3 is 39.0 Å². The predicted molar refractivity (Wildman–Crippen MR) is 206 cm³/mol. The van der Waals surface area contributed by atoms with Crippen LogP contribution in [0.25, 0.3) is 17.0 Å². The molecule has 2 N–H and O–H groups in total. The number of likely N-dealkylation sites (N-methyl/N-ethyl adjacent to an activating group) is 1. The van der Waals surface area contributed by atoms with E-state index in [1.807, 2.05) is 68.4 Å². The van der Waals surface area contributed by atoms with Gasteiger partial charge in [-0.3, -0.25) is 19.4 Å². The Labute approximate surface area is 324 Å². The summed E-state index contributed by atoms with van der Waals surface area (Å²) in [6, 6.07) is 8.70. The number of esters is 1. The number of ether oxygens (including phenoxy) is 5. The highest BCUT2D eigenvalue weighted by Crippen LogP contribution is 2.40. The highest BCUT2D eigenvalue weighted by molar-refractivity contribution is 6.00. The Bertz CT molecular complexity index is 1750. The Morgan fingerprint density at radius 3 is 2.44 bits per heavy atom. The van der Waals surface area contributed by atoms with Crippen LogP contribution in [0.4, 0.5) is 4.79 Å². The fourth-order valence-corrected chi connectivity index (χ4v) is 8.73. The average Bonchev–Trinajstić information content (AvgIpc) is 3.47. The summed E-state index contributed by atoms with van der Waals surface area (Å²) in [4.78, 5) is 61.8. The summed E-state index contributed by atoms with van der Waals surface area (Å²) in [5.74, 6) is -5.12. The van der Waals surface area contributed by atoms with E-state index >= 15 is 0 Å². The maximum atomic E-state index is 14.4. The van der Waals surface area contributed by atoms with E-state index in [-0.39, 0.29) is 37.4 Å². The number of cyclic esters (lactones) is 1. The molecule has 1 amide bonds. The van der Waals surface area contributed by atoms with Crippen molar-refractivity contribution in [2.75, 3.05) is 20.7 Å². The number of carbonyl (C=O) groups excluding carboxylic acids is 4. The van der Waals surface area contributed by atoms with Gasteiger partial charge in [-0.1, -0.05) is 58.0 Å². The summed E-state index contributed by atoms with van der Waals surface area (Å²) < 4.78 is 31.4. The van der Waals surface area contributed by atoms with Crippen LogP contribution in [0, 0.1) is 23.7 Å². The topological polar surface area (TPSA) is 163 Å². The molecule has 13 atom stereocenters. The first-order valence-electron chi connectivity index (χ1n) is 19.5. The molecule has 55 heavy (non-hydrogen) atoms. The molecule has 5 rings (SSSR count). The van der Waals surface area contributed by atoms with Gasteiger partial charge in [-0.2, -0.15) is 0 Å². The molecule has 4 heterocycles. The third kappa shape index (κ3) is 8.96. The first kappa shape index (κ1) is 42.4. The number of Topliss-reactive ketones (excluding diaryl/α,β-unsaturated/α-hetero) is 2. The lowest BCUT2D eigenvalue weighted by molar-refractivity contribution is -0.296. The van der Waals surface area contributed by atoms with Gasteiger partial charge in [0.2, 0.25) is 0 Å². The van der Waals surface area contributed by atoms with Gasteiger partial charge in [-0.15, -0.1) is 0 Å². The maximum Gasteiger partial charge on any atom is 0.408 e. The summed E-state index contributed by atoms with van der Waals surface area (Å²) in [6.07, 6.45) is 1.12. The molecule has 0 spiro atoms. The molecule has 3 aliphatic heterocycles. The number of amides is 1. The fraction of sp³-hybridized carbons (Fsp3) is 0.643. The zero-order valence-electron chi connectivity index (χ0n) is 33.8. The fourth-order valence-electron chi connectivity index (χ4n) is 8.73. The molecule has 302 valence electrons. The molecule has 13 nitrogen and oxygen atoms in total. The molecule has 0 aliphatic carbocycles. The van der Waals surface area contributed by atoms with Crippen LogP contribution in [0.15, 0.2) is 42.6 Å². The van der Waals surface area contributed by atoms with Gasteiger partial charge in [0.1, 0.15) is 23.9 Å². The van der Waals surface area contributed by atoms with Gasteiger partial charge in [0.25, 0.3) is 0 Å². The Hall–Kier alpha value is -3.75. The molecule has 13 heteroatoms. The Kier molecular flexibility index (Phi) is 13.2. The Morgan fingerprint density at radius 2 is 1.75 bits per heavy atom. The molecule has 2 aromatic rings. The number of nitrogens with one attached hydrogen (secondary N) is 1. The van der Waals surface area contributed by atoms with Crippen LogP contribution in [0.2, 0.25) is 0 Å². The first-order valence-corrected chi connectivity index (χ1v) is 19.5. The van der Waals surface area contributed by atoms with Crippen LogP contribution in [-0.4, -0.2) is 113 Å². The van der Waals surface area contributed by atoms with Crippen molar-refractivity contribution >= 4 is 40.6 Å². The van der Waals surface area contributed by atoms with Crippen LogP contribution in [0.3, 0.4) is 0 Å². The summed E-state index contributed by atoms with van der Waals surface area (Å²) >= 11 is 0. The SMILES string of the molecule is CCC1OC(=O)C(C)C(=O)C(C)C(OC2OC(C)CC(N(C)C)C2O)C(C)(OC/C=C/c2cnc3ccccc3c2)CC(C)C(=O)C(C)C2NC(=O)OC12C. The predicted octanol–water partition coefficient (Wildman–Crippen LogP) is 5.11. The molecule has 13 unspecified atom stereocenters. The second-order valence-corrected chi connectivity index (χ2v) is 16.4. The van der Waals surface area contributed by atoms with E-state index in [0.29, 0.717) is 6.42 Å². The number of hydrogen-bond acceptors (Lipinski definition) is 12. The van der Waals surface area contributed by atoms with Gasteiger partial charge in [0.05, 0.1) is 36.0 Å². The smallest absolute Gasteiger partial charge is 0.408 e. The zero-order valence-corrected chi connectivity index (χ0v) is 33.8. The number of hydrogen-bond donors (Lipinski definition) is 2. The number of aromatic nitrogens is 1. The number of nitrogens with zero attached hydrogens (tertiary/aromatic N) is 2. The quantitative estimate of drug-likeness (QED) is 0.270. The van der Waals surface area contributed by atoms with Crippen LogP contribution in [0.5, 0.6) is 0 Å². The van der Waals surface area contributed by atoms with E-state index < -0.39 is 83.4 Å². The van der Waals surface area contributed by atoms with Crippen LogP contribution < -0.4 is 5.32 Å². The van der Waals surface area contributed by atoms with Gasteiger partial charge in [-0.05, 0) is 78.7 Å². The van der Waals surface area contributed by atoms with Crippen LogP contribution in [0.1, 0.15) is 80.2 Å². The summed E-state index contributed by atoms with van der Waals surface area (Å²) in [7, 11) is 3.74. The molecular weight excluding hydrogens is 706 g/mol. The first-order chi connectivity index (χ1) is 25.9. The van der Waals surface area contributed by atoms with E-state index in [1.54, 1.807) is 47.7 Å². The number of aliphatic hydroxyl groups excluding tert-OH is 1. The van der Waals surface area contributed by atoms with Gasteiger partial charge >= 0.3 is 12.1 Å². The van der Waals surface area contributed by atoms with Crippen LogP contribution in [-0.2, 0) is 38.1 Å². The second kappa shape index (κ2) is 17.2. The van der Waals surface area contributed by atoms with Crippen molar-refractivity contribution in [3.05, 3.63) is 48.2 Å². The Morgan fingerprint density at radius 1 is 1.04 bits per heavy atom. The van der Waals surface area contributed by atoms with Crippen molar-refractivity contribution in [3.63, 3.8) is 0 Å². The molecule has 3 fully saturated rings. The molecule has 3 aliphatic rings. The van der Waals surface area contributed by atoms with Crippen molar-refractivity contribution < 1.29 is 48.0 Å². The second-order valence-electron chi connectivity index (χ2n) is 16.4. The average molecular weight is 766 g/mol. The number of benzene rings is 1. The molecule has 0 bridgehead atoms. The lowest BCUT2D eigenvalue weighted by Gasteiger charge is -2.47. The number of para-hydroxylation sites is 1. The summed E-state index contributed by atoms with van der Waals surface area (Å²) in [6.45, 7) is 13.8. The third-order valence-electron chi connectivity index (χ3n) is 11.9. The highest BCUT2D eigenvalue weighted by atomic mass is 16.7. The number of fused-ring (bicyclic) bond motifs is 2. The molecular formula is C42H59N3O10. The number of pyridine rings is 1. The van der Waals surface area contributed by atoms with Crippen molar-refractivity contribution in [2.24, 2.45) is 23.7 Å². The van der Waals surface area contributed by atoms with Gasteiger partial charge in [0.15, 0.2) is 17.7 Å². The zero-order chi connectivity index (χ0) is 40.4. The normalized spacial score (nSPS) is 38.1. The largest absolute Gasteiger partial charge is 0.458 e. The summed E-state index contributed by atoms with van der Waals surface area (Å²) in [5.41, 5.74) is -1.00. The van der Waals surface area contributed by atoms with E-state index in [2.05, 4.69) is 10.3 Å². The standard InChI is InChI=1S/C42H59N3O10/c1-11-32-42(8)36(44-40(50)55-42)25(4)33(46)23(2)21-41(7,51-18-14-15-28-20-29-16-12-13-17-30(29)43-22-28)37(26(5)34(47)27(6)38(49)53-32)54-39-35(48)31(45(9)10)19-24(3)52-39/h12-17,20,22-27,31-32,35-37,39,48H,11,18-19,21H2,1-10H3,(H,44,50)/b15-14+. The lowest BCUT2D eigenvalue weighted by Crippen LogP contribution is -2.60. The maximum absolute atomic E-state index is 14.4. The summed E-state index contributed by atoms with van der Waals surface area (Å²) in [5, 5.41) is 15.4. The Balaban J connectivity index is 1.56. The van der Waals surface area contributed by atoms with Crippen molar-refractivity contribution in [1.82, 2.24) is 15.2 Å². The van der Waals surface area contributed by atoms with Crippen molar-refractivity contribution in [3.8, 4) is 0 Å². The van der Waals surface area contributed by atoms with Gasteiger partial charge in [0, 0.05) is 35.4 Å². The van der Waals surface area contributed by atoms with Gasteiger partial charge in [-0.25, -0.2) is 4.79 Å². The minimum absolute atomic E-state index is 0.0612. The molecule has 1 aromatic heterocycles. The number of alkyl carbamates (subject to hydrolysis) is 1. The van der Waals surface area contributed by atoms with E-state index in [4.69, 9.17) is 23.7 Å². The molecule has 1 aromatic carbocycles. The number of ketones is 2. The number of aliphatic hydroxyl groups is 1.